The van der Waals surface area contributed by atoms with Crippen LogP contribution in [-0.2, 0) is 10.0 Å². The van der Waals surface area contributed by atoms with Gasteiger partial charge in [0, 0.05) is 0 Å². The maximum atomic E-state index is 12.8. The van der Waals surface area contributed by atoms with Crippen LogP contribution in [0, 0.1) is 0 Å². The van der Waals surface area contributed by atoms with Gasteiger partial charge in [-0.15, -0.1) is 11.3 Å². The number of rotatable bonds is 4. The van der Waals surface area contributed by atoms with Crippen molar-refractivity contribution in [2.75, 3.05) is 13.1 Å². The van der Waals surface area contributed by atoms with Gasteiger partial charge in [-0.2, -0.15) is 17.6 Å². The van der Waals surface area contributed by atoms with E-state index in [0.717, 1.165) is 41.4 Å². The second-order valence-corrected chi connectivity index (χ2v) is 9.52. The van der Waals surface area contributed by atoms with Gasteiger partial charge in [-0.1, -0.05) is 17.7 Å². The second-order valence-electron chi connectivity index (χ2n) is 5.81. The molecule has 0 radical (unpaired) electrons. The zero-order chi connectivity index (χ0) is 17.4. The van der Waals surface area contributed by atoms with E-state index in [4.69, 9.17) is 16.3 Å². The monoisotopic (exact) mass is 397 g/mol. The molecule has 4 rings (SSSR count). The summed E-state index contributed by atoms with van der Waals surface area (Å²) in [6.45, 7) is 1.85. The number of thiophene rings is 1. The van der Waals surface area contributed by atoms with Gasteiger partial charge in [-0.25, -0.2) is 0 Å². The van der Waals surface area contributed by atoms with E-state index in [0.29, 0.717) is 21.0 Å². The summed E-state index contributed by atoms with van der Waals surface area (Å²) in [6.07, 6.45) is 3.52. The van der Waals surface area contributed by atoms with Crippen molar-refractivity contribution in [2.45, 2.75) is 23.2 Å². The standard InChI is InChI=1S/C16H16ClN3O3S2/c17-15-4-5-16(24-15)25(21,22)20-13-2-1-3-14(12(13)10-19-20)23-11-6-8-18-9-7-11/h1-5,10-11,18H,6-9H2. The zero-order valence-electron chi connectivity index (χ0n) is 13.2. The fourth-order valence-electron chi connectivity index (χ4n) is 2.91. The van der Waals surface area contributed by atoms with Crippen LogP contribution in [0.25, 0.3) is 10.9 Å². The largest absolute Gasteiger partial charge is 0.490 e. The number of halogens is 1. The molecule has 0 amide bonds. The summed E-state index contributed by atoms with van der Waals surface area (Å²) in [4.78, 5) is 0. The van der Waals surface area contributed by atoms with E-state index in [1.807, 2.05) is 6.07 Å². The summed E-state index contributed by atoms with van der Waals surface area (Å²) in [5.41, 5.74) is 0.496. The third-order valence-corrected chi connectivity index (χ3v) is 7.45. The molecule has 1 fully saturated rings. The molecule has 0 spiro atoms. The first-order valence-electron chi connectivity index (χ1n) is 7.91. The average molecular weight is 398 g/mol. The highest BCUT2D eigenvalue weighted by atomic mass is 35.5. The highest BCUT2D eigenvalue weighted by Gasteiger charge is 2.24. The summed E-state index contributed by atoms with van der Waals surface area (Å²) in [6, 6.07) is 8.42. The van der Waals surface area contributed by atoms with Crippen LogP contribution in [0.4, 0.5) is 0 Å². The first kappa shape index (κ1) is 16.8. The van der Waals surface area contributed by atoms with Crippen molar-refractivity contribution in [3.8, 4) is 5.75 Å². The number of nitrogens with zero attached hydrogens (tertiary/aromatic N) is 2. The Bertz CT molecular complexity index is 1010. The third-order valence-electron chi connectivity index (χ3n) is 4.15. The fraction of sp³-hybridized carbons (Fsp3) is 0.312. The highest BCUT2D eigenvalue weighted by Crippen LogP contribution is 2.32. The Labute approximate surface area is 154 Å². The molecule has 0 atom stereocenters. The minimum absolute atomic E-state index is 0.128. The van der Waals surface area contributed by atoms with E-state index < -0.39 is 10.0 Å². The van der Waals surface area contributed by atoms with Gasteiger partial charge in [0.05, 0.1) is 21.4 Å². The Morgan fingerprint density at radius 3 is 2.76 bits per heavy atom. The molecule has 0 saturated carbocycles. The molecule has 3 aromatic rings. The van der Waals surface area contributed by atoms with Crippen LogP contribution >= 0.6 is 22.9 Å². The molecule has 0 unspecified atom stereocenters. The molecule has 1 aliphatic rings. The summed E-state index contributed by atoms with van der Waals surface area (Å²) < 4.78 is 33.4. The lowest BCUT2D eigenvalue weighted by molar-refractivity contribution is 0.164. The summed E-state index contributed by atoms with van der Waals surface area (Å²) in [5, 5.41) is 8.09. The minimum atomic E-state index is -3.78. The number of piperidine rings is 1. The summed E-state index contributed by atoms with van der Waals surface area (Å²) in [5.74, 6) is 0.662. The van der Waals surface area contributed by atoms with Gasteiger partial charge >= 0.3 is 0 Å². The van der Waals surface area contributed by atoms with Crippen LogP contribution in [0.5, 0.6) is 5.75 Å². The first-order chi connectivity index (χ1) is 12.1. The van der Waals surface area contributed by atoms with Crippen LogP contribution in [-0.4, -0.2) is 36.8 Å². The maximum Gasteiger partial charge on any atom is 0.293 e. The smallest absolute Gasteiger partial charge is 0.293 e. The van der Waals surface area contributed by atoms with Crippen molar-refractivity contribution in [2.24, 2.45) is 0 Å². The van der Waals surface area contributed by atoms with Gasteiger partial charge in [0.1, 0.15) is 16.1 Å². The molecule has 1 N–H and O–H groups in total. The Kier molecular flexibility index (Phi) is 4.45. The van der Waals surface area contributed by atoms with Gasteiger partial charge in [0.2, 0.25) is 0 Å². The third kappa shape index (κ3) is 3.15. The predicted molar refractivity (Wildman–Crippen MR) is 98.2 cm³/mol. The Hall–Kier alpha value is -1.61. The lowest BCUT2D eigenvalue weighted by atomic mass is 10.1. The van der Waals surface area contributed by atoms with Crippen molar-refractivity contribution < 1.29 is 13.2 Å². The second kappa shape index (κ2) is 6.60. The minimum Gasteiger partial charge on any atom is -0.490 e. The van der Waals surface area contributed by atoms with E-state index in [-0.39, 0.29) is 10.3 Å². The molecule has 25 heavy (non-hydrogen) atoms. The van der Waals surface area contributed by atoms with E-state index >= 15 is 0 Å². The number of fused-ring (bicyclic) bond motifs is 1. The van der Waals surface area contributed by atoms with Crippen LogP contribution in [0.1, 0.15) is 12.8 Å². The Balaban J connectivity index is 1.73. The molecule has 3 heterocycles. The maximum absolute atomic E-state index is 12.8. The SMILES string of the molecule is O=S(=O)(c1ccc(Cl)s1)n1ncc2c(OC3CCNCC3)cccc21. The molecule has 2 aromatic heterocycles. The normalized spacial score (nSPS) is 16.4. The van der Waals surface area contributed by atoms with E-state index in [1.165, 1.54) is 6.07 Å². The first-order valence-corrected chi connectivity index (χ1v) is 10.5. The quantitative estimate of drug-likeness (QED) is 0.732. The number of nitrogens with one attached hydrogen (secondary N) is 1. The number of ether oxygens (including phenoxy) is 1. The van der Waals surface area contributed by atoms with Crippen molar-refractivity contribution in [3.63, 3.8) is 0 Å². The number of benzene rings is 1. The molecule has 0 bridgehead atoms. The van der Waals surface area contributed by atoms with Crippen LogP contribution in [0.15, 0.2) is 40.7 Å². The van der Waals surface area contributed by atoms with Crippen molar-refractivity contribution in [1.82, 2.24) is 14.5 Å². The van der Waals surface area contributed by atoms with Gasteiger partial charge in [-0.05, 0) is 50.2 Å². The zero-order valence-corrected chi connectivity index (χ0v) is 15.6. The van der Waals surface area contributed by atoms with Crippen LogP contribution in [0.3, 0.4) is 0 Å². The van der Waals surface area contributed by atoms with Gasteiger partial charge < -0.3 is 10.1 Å². The molecular formula is C16H16ClN3O3S2. The van der Waals surface area contributed by atoms with Crippen LogP contribution in [0.2, 0.25) is 4.34 Å². The number of hydrogen-bond acceptors (Lipinski definition) is 6. The lowest BCUT2D eigenvalue weighted by Gasteiger charge is -2.24. The van der Waals surface area contributed by atoms with E-state index in [2.05, 4.69) is 10.4 Å². The average Bonchev–Trinajstić information content (AvgIpc) is 3.23. The number of hydrogen-bond donors (Lipinski definition) is 1. The molecule has 6 nitrogen and oxygen atoms in total. The Morgan fingerprint density at radius 1 is 1.24 bits per heavy atom. The fourth-order valence-corrected chi connectivity index (χ4v) is 5.73. The summed E-state index contributed by atoms with van der Waals surface area (Å²) in [7, 11) is -3.78. The molecule has 1 saturated heterocycles. The van der Waals surface area contributed by atoms with Crippen molar-refractivity contribution in [3.05, 3.63) is 40.9 Å². The molecule has 132 valence electrons. The molecule has 9 heteroatoms. The molecule has 0 aliphatic carbocycles. The lowest BCUT2D eigenvalue weighted by Crippen LogP contribution is -2.34. The van der Waals surface area contributed by atoms with Crippen LogP contribution < -0.4 is 10.1 Å². The topological polar surface area (TPSA) is 73.2 Å². The molecule has 1 aliphatic heterocycles. The van der Waals surface area contributed by atoms with Crippen molar-refractivity contribution in [1.29, 1.82) is 0 Å². The predicted octanol–water partition coefficient (Wildman–Crippen LogP) is 3.12. The molecule has 1 aromatic carbocycles. The number of aromatic nitrogens is 2. The molecular weight excluding hydrogens is 382 g/mol. The van der Waals surface area contributed by atoms with Crippen molar-refractivity contribution >= 4 is 43.9 Å². The van der Waals surface area contributed by atoms with E-state index in [1.54, 1.807) is 24.4 Å². The van der Waals surface area contributed by atoms with Gasteiger partial charge in [0.25, 0.3) is 10.0 Å². The highest BCUT2D eigenvalue weighted by molar-refractivity contribution is 7.92. The summed E-state index contributed by atoms with van der Waals surface area (Å²) >= 11 is 6.89. The van der Waals surface area contributed by atoms with Gasteiger partial charge in [-0.3, -0.25) is 0 Å². The Morgan fingerprint density at radius 2 is 2.04 bits per heavy atom. The van der Waals surface area contributed by atoms with E-state index in [9.17, 15) is 8.42 Å². The van der Waals surface area contributed by atoms with Gasteiger partial charge in [0.15, 0.2) is 0 Å².